The molecule has 126 valence electrons. The maximum atomic E-state index is 12.2. The van der Waals surface area contributed by atoms with Crippen LogP contribution in [0.3, 0.4) is 0 Å². The van der Waals surface area contributed by atoms with Crippen molar-refractivity contribution in [2.24, 2.45) is 0 Å². The summed E-state index contributed by atoms with van der Waals surface area (Å²) < 4.78 is 0. The molecule has 0 saturated carbocycles. The van der Waals surface area contributed by atoms with Gasteiger partial charge in [-0.25, -0.2) is 0 Å². The number of anilines is 2. The lowest BCUT2D eigenvalue weighted by molar-refractivity contribution is -0.122. The molecule has 0 saturated heterocycles. The van der Waals surface area contributed by atoms with Crippen LogP contribution in [0.25, 0.3) is 11.3 Å². The van der Waals surface area contributed by atoms with Crippen molar-refractivity contribution in [2.45, 2.75) is 0 Å². The third-order valence-corrected chi connectivity index (χ3v) is 3.32. The third kappa shape index (κ3) is 4.90. The fourth-order valence-electron chi connectivity index (χ4n) is 2.13. The molecule has 3 rings (SSSR count). The summed E-state index contributed by atoms with van der Waals surface area (Å²) in [5.74, 6) is -0.189. The molecule has 2 aromatic carbocycles. The summed E-state index contributed by atoms with van der Waals surface area (Å²) in [6.07, 6.45) is 1.74. The number of amides is 1. The Balaban J connectivity index is 0.000000701. The number of carboxylic acid groups (broad SMARTS) is 1. The Bertz CT molecular complexity index is 834. The summed E-state index contributed by atoms with van der Waals surface area (Å²) in [5.41, 5.74) is 9.40. The molecule has 1 amide bonds. The number of nitrogen functional groups attached to an aromatic ring is 1. The highest BCUT2D eigenvalue weighted by molar-refractivity contribution is 6.05. The van der Waals surface area contributed by atoms with E-state index in [1.807, 2.05) is 42.5 Å². The lowest BCUT2D eigenvalue weighted by atomic mass is 10.1. The van der Waals surface area contributed by atoms with E-state index < -0.39 is 0 Å². The number of hydrogen-bond acceptors (Lipinski definition) is 4. The lowest BCUT2D eigenvalue weighted by Gasteiger charge is -2.08. The van der Waals surface area contributed by atoms with Gasteiger partial charge in [-0.05, 0) is 36.4 Å². The van der Waals surface area contributed by atoms with Gasteiger partial charge in [0.05, 0.1) is 17.1 Å². The van der Waals surface area contributed by atoms with Crippen molar-refractivity contribution < 1.29 is 14.7 Å². The fourth-order valence-corrected chi connectivity index (χ4v) is 2.13. The number of hydrogen-bond donors (Lipinski definition) is 3. The van der Waals surface area contributed by atoms with Gasteiger partial charge in [0, 0.05) is 17.3 Å². The molecular weight excluding hydrogens is 318 g/mol. The molecule has 0 aliphatic heterocycles. The molecule has 0 fully saturated rings. The van der Waals surface area contributed by atoms with Gasteiger partial charge < -0.3 is 16.2 Å². The number of benzene rings is 2. The Labute approximate surface area is 145 Å². The second-order valence-electron chi connectivity index (χ2n) is 4.94. The van der Waals surface area contributed by atoms with E-state index in [4.69, 9.17) is 15.6 Å². The van der Waals surface area contributed by atoms with Gasteiger partial charge in [-0.15, -0.1) is 0 Å². The minimum absolute atomic E-state index is 0.189. The van der Waals surface area contributed by atoms with Crippen LogP contribution in [-0.4, -0.2) is 22.5 Å². The largest absolute Gasteiger partial charge is 0.483 e. The van der Waals surface area contributed by atoms with E-state index in [9.17, 15) is 4.79 Å². The van der Waals surface area contributed by atoms with Crippen molar-refractivity contribution >= 4 is 23.8 Å². The van der Waals surface area contributed by atoms with Gasteiger partial charge >= 0.3 is 0 Å². The number of para-hydroxylation sites is 2. The van der Waals surface area contributed by atoms with Crippen molar-refractivity contribution in [3.8, 4) is 11.3 Å². The van der Waals surface area contributed by atoms with Crippen LogP contribution < -0.4 is 11.1 Å². The molecule has 1 aromatic heterocycles. The zero-order valence-corrected chi connectivity index (χ0v) is 13.3. The van der Waals surface area contributed by atoms with Gasteiger partial charge in [-0.3, -0.25) is 14.6 Å². The SMILES string of the molecule is Nc1ccccc1NC(=O)c1ccc(-c2ccccn2)cc1.O=CO. The Kier molecular flexibility index (Phi) is 6.24. The highest BCUT2D eigenvalue weighted by Gasteiger charge is 2.08. The van der Waals surface area contributed by atoms with Gasteiger partial charge in [0.25, 0.3) is 12.4 Å². The molecule has 0 atom stereocenters. The Morgan fingerprint density at radius 2 is 1.64 bits per heavy atom. The van der Waals surface area contributed by atoms with Crippen LogP contribution in [0.15, 0.2) is 72.9 Å². The van der Waals surface area contributed by atoms with E-state index in [-0.39, 0.29) is 12.4 Å². The lowest BCUT2D eigenvalue weighted by Crippen LogP contribution is -2.12. The molecule has 6 heteroatoms. The Morgan fingerprint density at radius 3 is 2.24 bits per heavy atom. The van der Waals surface area contributed by atoms with Crippen LogP contribution in [0.5, 0.6) is 0 Å². The summed E-state index contributed by atoms with van der Waals surface area (Å²) in [7, 11) is 0. The molecule has 1 heterocycles. The first-order valence-electron chi connectivity index (χ1n) is 7.41. The quantitative estimate of drug-likeness (QED) is 0.503. The molecule has 0 aliphatic rings. The molecule has 0 unspecified atom stereocenters. The predicted molar refractivity (Wildman–Crippen MR) is 97.2 cm³/mol. The van der Waals surface area contributed by atoms with E-state index in [0.717, 1.165) is 11.3 Å². The first-order valence-corrected chi connectivity index (χ1v) is 7.41. The Morgan fingerprint density at radius 1 is 1.00 bits per heavy atom. The highest BCUT2D eigenvalue weighted by atomic mass is 16.3. The predicted octanol–water partition coefficient (Wildman–Crippen LogP) is 3.28. The average Bonchev–Trinajstić information content (AvgIpc) is 2.65. The summed E-state index contributed by atoms with van der Waals surface area (Å²) in [4.78, 5) is 24.9. The first-order chi connectivity index (χ1) is 12.2. The molecule has 25 heavy (non-hydrogen) atoms. The molecule has 0 radical (unpaired) electrons. The summed E-state index contributed by atoms with van der Waals surface area (Å²) in [5, 5.41) is 9.70. The number of nitrogens with one attached hydrogen (secondary N) is 1. The van der Waals surface area contributed by atoms with Crippen LogP contribution in [0.2, 0.25) is 0 Å². The highest BCUT2D eigenvalue weighted by Crippen LogP contribution is 2.20. The Hall–Kier alpha value is -3.67. The summed E-state index contributed by atoms with van der Waals surface area (Å²) in [6.45, 7) is -0.250. The molecule has 4 N–H and O–H groups in total. The monoisotopic (exact) mass is 335 g/mol. The fraction of sp³-hybridized carbons (Fsp3) is 0. The molecular formula is C19H17N3O3. The van der Waals surface area contributed by atoms with Crippen molar-refractivity contribution in [1.82, 2.24) is 4.98 Å². The van der Waals surface area contributed by atoms with Crippen LogP contribution in [0.1, 0.15) is 10.4 Å². The van der Waals surface area contributed by atoms with Gasteiger partial charge in [-0.2, -0.15) is 0 Å². The number of carbonyl (C=O) groups is 2. The van der Waals surface area contributed by atoms with Gasteiger partial charge in [-0.1, -0.05) is 30.3 Å². The maximum absolute atomic E-state index is 12.2. The average molecular weight is 335 g/mol. The molecule has 0 spiro atoms. The molecule has 0 aliphatic carbocycles. The summed E-state index contributed by atoms with van der Waals surface area (Å²) in [6, 6.07) is 20.2. The van der Waals surface area contributed by atoms with Crippen molar-refractivity contribution in [3.63, 3.8) is 0 Å². The van der Waals surface area contributed by atoms with Gasteiger partial charge in [0.15, 0.2) is 0 Å². The van der Waals surface area contributed by atoms with Crippen molar-refractivity contribution in [2.75, 3.05) is 11.1 Å². The van der Waals surface area contributed by atoms with Crippen molar-refractivity contribution in [3.05, 3.63) is 78.5 Å². The van der Waals surface area contributed by atoms with E-state index in [1.54, 1.807) is 30.5 Å². The maximum Gasteiger partial charge on any atom is 0.290 e. The molecule has 0 bridgehead atoms. The molecule has 3 aromatic rings. The number of nitrogens with zero attached hydrogens (tertiary/aromatic N) is 1. The number of nitrogens with two attached hydrogens (primary N) is 1. The zero-order chi connectivity index (χ0) is 18.1. The number of aromatic nitrogens is 1. The minimum atomic E-state index is -0.250. The zero-order valence-electron chi connectivity index (χ0n) is 13.3. The van der Waals surface area contributed by atoms with E-state index in [2.05, 4.69) is 10.3 Å². The van der Waals surface area contributed by atoms with E-state index in [1.165, 1.54) is 0 Å². The van der Waals surface area contributed by atoms with Crippen LogP contribution in [-0.2, 0) is 4.79 Å². The second kappa shape index (κ2) is 8.83. The number of carbonyl (C=O) groups excluding carboxylic acids is 1. The minimum Gasteiger partial charge on any atom is -0.483 e. The van der Waals surface area contributed by atoms with Crippen molar-refractivity contribution in [1.29, 1.82) is 0 Å². The van der Waals surface area contributed by atoms with Gasteiger partial charge in [0.1, 0.15) is 0 Å². The van der Waals surface area contributed by atoms with Crippen LogP contribution >= 0.6 is 0 Å². The van der Waals surface area contributed by atoms with E-state index in [0.29, 0.717) is 16.9 Å². The van der Waals surface area contributed by atoms with E-state index >= 15 is 0 Å². The third-order valence-electron chi connectivity index (χ3n) is 3.32. The number of pyridine rings is 1. The molecule has 6 nitrogen and oxygen atoms in total. The summed E-state index contributed by atoms with van der Waals surface area (Å²) >= 11 is 0. The first kappa shape index (κ1) is 17.7. The van der Waals surface area contributed by atoms with Crippen LogP contribution in [0, 0.1) is 0 Å². The van der Waals surface area contributed by atoms with Gasteiger partial charge in [0.2, 0.25) is 0 Å². The topological polar surface area (TPSA) is 105 Å². The normalized spacial score (nSPS) is 9.44. The number of rotatable bonds is 3. The standard InChI is InChI=1S/C18H15N3O.CH2O2/c19-15-5-1-2-7-17(15)21-18(22)14-10-8-13(9-11-14)16-6-3-4-12-20-16;2-1-3/h1-12H,19H2,(H,21,22);1H,(H,2,3). The smallest absolute Gasteiger partial charge is 0.290 e. The van der Waals surface area contributed by atoms with Crippen LogP contribution in [0.4, 0.5) is 11.4 Å². The second-order valence-corrected chi connectivity index (χ2v) is 4.94.